The summed E-state index contributed by atoms with van der Waals surface area (Å²) in [6.45, 7) is 0.811. The molecule has 7 heteroatoms. The summed E-state index contributed by atoms with van der Waals surface area (Å²) >= 11 is 0. The summed E-state index contributed by atoms with van der Waals surface area (Å²) in [5, 5.41) is 9.18. The van der Waals surface area contributed by atoms with Crippen LogP contribution in [0.15, 0.2) is 54.6 Å². The molecule has 2 aromatic rings. The monoisotopic (exact) mass is 423 g/mol. The molecular weight excluding hydrogens is 394 g/mol. The van der Waals surface area contributed by atoms with Crippen LogP contribution < -0.4 is 11.5 Å². The largest absolute Gasteiger partial charge is 0.481 e. The number of carboxylic acid groups (broad SMARTS) is 1. The molecule has 0 bridgehead atoms. The van der Waals surface area contributed by atoms with Crippen LogP contribution in [0.5, 0.6) is 0 Å². The average molecular weight is 424 g/mol. The van der Waals surface area contributed by atoms with Gasteiger partial charge >= 0.3 is 5.97 Å². The second-order valence-corrected chi connectivity index (χ2v) is 8.01. The van der Waals surface area contributed by atoms with Gasteiger partial charge in [0.25, 0.3) is 0 Å². The standard InChI is InChI=1S/C24H29N3O4/c25-15-17-8-10-18(11-9-17)23(30)22(26)20-13-19(14-21(28)29)24(31)27(20)12-4-7-16-5-2-1-3-6-16/h1-3,5-6,8-11,19-20,22H,4,7,12-15,25-26H2,(H,28,29)/t19-,20-,22?/m0/s1. The number of benzene rings is 2. The number of aliphatic carboxylic acids is 1. The van der Waals surface area contributed by atoms with Gasteiger partial charge in [0.05, 0.1) is 24.4 Å². The lowest BCUT2D eigenvalue weighted by Gasteiger charge is -2.29. The van der Waals surface area contributed by atoms with E-state index in [1.54, 1.807) is 29.2 Å². The Bertz CT molecular complexity index is 914. The maximum absolute atomic E-state index is 13.0. The molecule has 0 spiro atoms. The predicted octanol–water partition coefficient (Wildman–Crippen LogP) is 1.98. The van der Waals surface area contributed by atoms with Crippen molar-refractivity contribution in [1.82, 2.24) is 4.90 Å². The smallest absolute Gasteiger partial charge is 0.304 e. The Morgan fingerprint density at radius 1 is 1.06 bits per heavy atom. The zero-order chi connectivity index (χ0) is 22.4. The maximum atomic E-state index is 13.0. The molecule has 3 rings (SSSR count). The molecule has 7 nitrogen and oxygen atoms in total. The molecule has 1 aliphatic heterocycles. The van der Waals surface area contributed by atoms with Gasteiger partial charge in [-0.2, -0.15) is 0 Å². The summed E-state index contributed by atoms with van der Waals surface area (Å²) < 4.78 is 0. The first kappa shape index (κ1) is 22.7. The first-order valence-corrected chi connectivity index (χ1v) is 10.6. The highest BCUT2D eigenvalue weighted by atomic mass is 16.4. The minimum atomic E-state index is -1.03. The lowest BCUT2D eigenvalue weighted by Crippen LogP contribution is -2.50. The molecule has 1 saturated heterocycles. The zero-order valence-electron chi connectivity index (χ0n) is 17.4. The van der Waals surface area contributed by atoms with Gasteiger partial charge in [0.15, 0.2) is 5.78 Å². The minimum Gasteiger partial charge on any atom is -0.481 e. The average Bonchev–Trinajstić information content (AvgIpc) is 3.08. The van der Waals surface area contributed by atoms with E-state index in [-0.39, 0.29) is 24.5 Å². The Balaban J connectivity index is 1.73. The highest BCUT2D eigenvalue weighted by Gasteiger charge is 2.44. The van der Waals surface area contributed by atoms with Crippen molar-refractivity contribution in [3.05, 3.63) is 71.3 Å². The summed E-state index contributed by atoms with van der Waals surface area (Å²) in [7, 11) is 0. The summed E-state index contributed by atoms with van der Waals surface area (Å²) in [5.41, 5.74) is 14.5. The minimum absolute atomic E-state index is 0.234. The van der Waals surface area contributed by atoms with E-state index in [9.17, 15) is 19.5 Å². The van der Waals surface area contributed by atoms with Gasteiger partial charge in [-0.15, -0.1) is 0 Å². The van der Waals surface area contributed by atoms with Crippen molar-refractivity contribution in [1.29, 1.82) is 0 Å². The molecule has 5 N–H and O–H groups in total. The number of aryl methyl sites for hydroxylation is 1. The number of carbonyl (C=O) groups excluding carboxylic acids is 2. The molecule has 31 heavy (non-hydrogen) atoms. The van der Waals surface area contributed by atoms with Crippen molar-refractivity contribution in [3.63, 3.8) is 0 Å². The molecule has 164 valence electrons. The lowest BCUT2D eigenvalue weighted by atomic mass is 9.93. The van der Waals surface area contributed by atoms with Crippen molar-refractivity contribution >= 4 is 17.7 Å². The Hall–Kier alpha value is -3.03. The second-order valence-electron chi connectivity index (χ2n) is 8.01. The van der Waals surface area contributed by atoms with Crippen molar-refractivity contribution < 1.29 is 19.5 Å². The van der Waals surface area contributed by atoms with Crippen LogP contribution in [-0.2, 0) is 22.6 Å². The molecular formula is C24H29N3O4. The first-order chi connectivity index (χ1) is 14.9. The van der Waals surface area contributed by atoms with E-state index >= 15 is 0 Å². The van der Waals surface area contributed by atoms with Crippen molar-refractivity contribution in [2.45, 2.75) is 44.3 Å². The molecule has 0 aliphatic carbocycles. The highest BCUT2D eigenvalue weighted by molar-refractivity contribution is 6.01. The quantitative estimate of drug-likeness (QED) is 0.502. The number of hydrogen-bond acceptors (Lipinski definition) is 5. The van der Waals surface area contributed by atoms with Gasteiger partial charge in [-0.3, -0.25) is 14.4 Å². The summed E-state index contributed by atoms with van der Waals surface area (Å²) in [6, 6.07) is 15.4. The second kappa shape index (κ2) is 10.3. The van der Waals surface area contributed by atoms with E-state index in [0.717, 1.165) is 17.5 Å². The van der Waals surface area contributed by atoms with Gasteiger partial charge in [0, 0.05) is 18.7 Å². The van der Waals surface area contributed by atoms with Gasteiger partial charge < -0.3 is 21.5 Å². The SMILES string of the molecule is NCc1ccc(C(=O)C(N)[C@@H]2C[C@@H](CC(=O)O)C(=O)N2CCCc2ccccc2)cc1. The number of likely N-dealkylation sites (tertiary alicyclic amines) is 1. The van der Waals surface area contributed by atoms with E-state index in [4.69, 9.17) is 11.5 Å². The van der Waals surface area contributed by atoms with E-state index in [1.165, 1.54) is 0 Å². The van der Waals surface area contributed by atoms with Gasteiger partial charge in [-0.05, 0) is 30.4 Å². The van der Waals surface area contributed by atoms with Crippen LogP contribution in [-0.4, -0.2) is 46.3 Å². The lowest BCUT2D eigenvalue weighted by molar-refractivity contribution is -0.142. The fourth-order valence-corrected chi connectivity index (χ4v) is 4.19. The van der Waals surface area contributed by atoms with E-state index in [0.29, 0.717) is 25.1 Å². The number of nitrogens with two attached hydrogens (primary N) is 2. The molecule has 1 unspecified atom stereocenters. The van der Waals surface area contributed by atoms with Crippen LogP contribution in [0.4, 0.5) is 0 Å². The molecule has 0 saturated carbocycles. The summed E-state index contributed by atoms with van der Waals surface area (Å²) in [4.78, 5) is 38.8. The van der Waals surface area contributed by atoms with Crippen molar-refractivity contribution in [3.8, 4) is 0 Å². The summed E-state index contributed by atoms with van der Waals surface area (Å²) in [6.07, 6.45) is 1.50. The summed E-state index contributed by atoms with van der Waals surface area (Å²) in [5.74, 6) is -2.18. The van der Waals surface area contributed by atoms with E-state index in [1.807, 2.05) is 30.3 Å². The number of ketones is 1. The molecule has 2 aromatic carbocycles. The number of Topliss-reactive ketones (excluding diaryl/α,β-unsaturated/α-hetero) is 1. The van der Waals surface area contributed by atoms with Crippen LogP contribution in [0.3, 0.4) is 0 Å². The third kappa shape index (κ3) is 5.57. The van der Waals surface area contributed by atoms with Crippen LogP contribution in [0.25, 0.3) is 0 Å². The molecule has 1 aliphatic rings. The number of nitrogens with zero attached hydrogens (tertiary/aromatic N) is 1. The normalized spacial score (nSPS) is 19.4. The Morgan fingerprint density at radius 2 is 1.74 bits per heavy atom. The number of rotatable bonds is 10. The van der Waals surface area contributed by atoms with Gasteiger partial charge in [0.2, 0.25) is 5.91 Å². The first-order valence-electron chi connectivity index (χ1n) is 10.6. The molecule has 1 amide bonds. The third-order valence-electron chi connectivity index (χ3n) is 5.88. The Morgan fingerprint density at radius 3 is 2.35 bits per heavy atom. The third-order valence-corrected chi connectivity index (χ3v) is 5.88. The van der Waals surface area contributed by atoms with Crippen molar-refractivity contribution in [2.24, 2.45) is 17.4 Å². The maximum Gasteiger partial charge on any atom is 0.304 e. The van der Waals surface area contributed by atoms with Crippen LogP contribution >= 0.6 is 0 Å². The predicted molar refractivity (Wildman–Crippen MR) is 117 cm³/mol. The fourth-order valence-electron chi connectivity index (χ4n) is 4.19. The fraction of sp³-hybridized carbons (Fsp3) is 0.375. The Kier molecular flexibility index (Phi) is 7.55. The van der Waals surface area contributed by atoms with Gasteiger partial charge in [-0.25, -0.2) is 0 Å². The molecule has 0 aromatic heterocycles. The molecule has 0 radical (unpaired) electrons. The zero-order valence-corrected chi connectivity index (χ0v) is 17.4. The van der Waals surface area contributed by atoms with Gasteiger partial charge in [0.1, 0.15) is 0 Å². The highest BCUT2D eigenvalue weighted by Crippen LogP contribution is 2.30. The molecule has 1 heterocycles. The molecule has 1 fully saturated rings. The Labute approximate surface area is 182 Å². The number of hydrogen-bond donors (Lipinski definition) is 3. The van der Waals surface area contributed by atoms with Crippen LogP contribution in [0.1, 0.15) is 40.7 Å². The topological polar surface area (TPSA) is 127 Å². The van der Waals surface area contributed by atoms with Gasteiger partial charge in [-0.1, -0.05) is 54.6 Å². The van der Waals surface area contributed by atoms with Crippen LogP contribution in [0.2, 0.25) is 0 Å². The number of carbonyl (C=O) groups is 3. The molecule has 3 atom stereocenters. The van der Waals surface area contributed by atoms with Crippen LogP contribution in [0, 0.1) is 5.92 Å². The van der Waals surface area contributed by atoms with Crippen molar-refractivity contribution in [2.75, 3.05) is 6.54 Å². The number of carboxylic acids is 1. The van der Waals surface area contributed by atoms with E-state index in [2.05, 4.69) is 0 Å². The van der Waals surface area contributed by atoms with E-state index < -0.39 is 24.0 Å². The number of amides is 1.